The molecule has 3 heteroatoms. The van der Waals surface area contributed by atoms with Gasteiger partial charge in [0, 0.05) is 25.3 Å². The predicted molar refractivity (Wildman–Crippen MR) is 77.9 cm³/mol. The lowest BCUT2D eigenvalue weighted by molar-refractivity contribution is 0.0760. The highest BCUT2D eigenvalue weighted by Gasteiger charge is 2.22. The quantitative estimate of drug-likeness (QED) is 0.886. The summed E-state index contributed by atoms with van der Waals surface area (Å²) >= 11 is 0. The third-order valence-electron chi connectivity index (χ3n) is 3.93. The van der Waals surface area contributed by atoms with E-state index in [1.807, 2.05) is 13.1 Å². The van der Waals surface area contributed by atoms with Gasteiger partial charge in [-0.2, -0.15) is 0 Å². The molecule has 0 spiro atoms. The first-order valence-electron chi connectivity index (χ1n) is 7.49. The lowest BCUT2D eigenvalue weighted by atomic mass is 9.94. The van der Waals surface area contributed by atoms with Crippen LogP contribution in [0.25, 0.3) is 0 Å². The van der Waals surface area contributed by atoms with Gasteiger partial charge in [-0.1, -0.05) is 25.3 Å². The fourth-order valence-corrected chi connectivity index (χ4v) is 2.93. The molecule has 1 aromatic heterocycles. The summed E-state index contributed by atoms with van der Waals surface area (Å²) in [5.74, 6) is 0. The zero-order valence-electron chi connectivity index (χ0n) is 12.2. The average Bonchev–Trinajstić information content (AvgIpc) is 2.41. The molecule has 1 aromatic rings. The number of nitrogens with zero attached hydrogens (tertiary/aromatic N) is 2. The van der Waals surface area contributed by atoms with Gasteiger partial charge in [-0.25, -0.2) is 0 Å². The number of aryl methyl sites for hydroxylation is 1. The van der Waals surface area contributed by atoms with E-state index in [1.165, 1.54) is 37.7 Å². The highest BCUT2D eigenvalue weighted by molar-refractivity contribution is 5.12. The minimum absolute atomic E-state index is 0.271. The summed E-state index contributed by atoms with van der Waals surface area (Å²) in [6.45, 7) is 5.54. The van der Waals surface area contributed by atoms with Crippen molar-refractivity contribution in [1.82, 2.24) is 9.88 Å². The summed E-state index contributed by atoms with van der Waals surface area (Å²) in [7, 11) is 0. The predicted octanol–water partition coefficient (Wildman–Crippen LogP) is 2.91. The Hall–Kier alpha value is -0.930. The van der Waals surface area contributed by atoms with Gasteiger partial charge in [0.2, 0.25) is 0 Å². The molecule has 1 unspecified atom stereocenters. The Morgan fingerprint density at radius 1 is 1.32 bits per heavy atom. The summed E-state index contributed by atoms with van der Waals surface area (Å²) in [5, 5.41) is 9.71. The number of rotatable bonds is 5. The van der Waals surface area contributed by atoms with Crippen LogP contribution in [-0.4, -0.2) is 33.7 Å². The van der Waals surface area contributed by atoms with E-state index in [2.05, 4.69) is 28.9 Å². The van der Waals surface area contributed by atoms with Crippen molar-refractivity contribution in [3.8, 4) is 0 Å². The summed E-state index contributed by atoms with van der Waals surface area (Å²) in [6, 6.07) is 4.84. The van der Waals surface area contributed by atoms with Crippen molar-refractivity contribution in [1.29, 1.82) is 0 Å². The highest BCUT2D eigenvalue weighted by Crippen LogP contribution is 2.24. The minimum Gasteiger partial charge on any atom is -0.392 e. The van der Waals surface area contributed by atoms with Crippen molar-refractivity contribution in [2.75, 3.05) is 6.54 Å². The maximum Gasteiger partial charge on any atom is 0.0639 e. The van der Waals surface area contributed by atoms with Crippen molar-refractivity contribution in [2.45, 2.75) is 64.6 Å². The van der Waals surface area contributed by atoms with Crippen LogP contribution < -0.4 is 0 Å². The Bertz CT molecular complexity index is 369. The van der Waals surface area contributed by atoms with E-state index in [9.17, 15) is 5.11 Å². The normalized spacial score (nSPS) is 18.7. The first kappa shape index (κ1) is 14.5. The molecule has 1 aliphatic rings. The second-order valence-corrected chi connectivity index (χ2v) is 5.90. The van der Waals surface area contributed by atoms with E-state index < -0.39 is 0 Å². The molecule has 106 valence electrons. The maximum absolute atomic E-state index is 9.71. The van der Waals surface area contributed by atoms with Gasteiger partial charge in [-0.05, 0) is 38.3 Å². The van der Waals surface area contributed by atoms with Crippen LogP contribution in [0.4, 0.5) is 0 Å². The highest BCUT2D eigenvalue weighted by atomic mass is 16.3. The summed E-state index contributed by atoms with van der Waals surface area (Å²) in [4.78, 5) is 6.92. The molecule has 1 fully saturated rings. The zero-order valence-corrected chi connectivity index (χ0v) is 12.2. The third kappa shape index (κ3) is 4.59. The second kappa shape index (κ2) is 7.01. The lowest BCUT2D eigenvalue weighted by Gasteiger charge is -2.34. The topological polar surface area (TPSA) is 36.4 Å². The van der Waals surface area contributed by atoms with Crippen LogP contribution in [0.15, 0.2) is 18.3 Å². The van der Waals surface area contributed by atoms with Crippen molar-refractivity contribution >= 4 is 0 Å². The largest absolute Gasteiger partial charge is 0.392 e. The molecule has 3 nitrogen and oxygen atoms in total. The minimum atomic E-state index is -0.271. The number of aliphatic hydroxyl groups excluding tert-OH is 1. The first-order valence-corrected chi connectivity index (χ1v) is 7.49. The molecule has 0 bridgehead atoms. The van der Waals surface area contributed by atoms with E-state index >= 15 is 0 Å². The van der Waals surface area contributed by atoms with Gasteiger partial charge in [0.1, 0.15) is 0 Å². The SMILES string of the molecule is Cc1ccc(CN(CC(C)O)C2CCCCC2)nc1. The third-order valence-corrected chi connectivity index (χ3v) is 3.93. The van der Waals surface area contributed by atoms with Crippen LogP contribution in [0.5, 0.6) is 0 Å². The number of hydrogen-bond acceptors (Lipinski definition) is 3. The molecule has 0 aliphatic heterocycles. The molecule has 0 aromatic carbocycles. The maximum atomic E-state index is 9.71. The summed E-state index contributed by atoms with van der Waals surface area (Å²) < 4.78 is 0. The van der Waals surface area contributed by atoms with E-state index in [0.29, 0.717) is 6.04 Å². The molecule has 19 heavy (non-hydrogen) atoms. The molecule has 1 heterocycles. The van der Waals surface area contributed by atoms with E-state index in [-0.39, 0.29) is 6.10 Å². The molecule has 1 saturated carbocycles. The molecular formula is C16H26N2O. The average molecular weight is 262 g/mol. The summed E-state index contributed by atoms with van der Waals surface area (Å²) in [5.41, 5.74) is 2.31. The number of hydrogen-bond donors (Lipinski definition) is 1. The second-order valence-electron chi connectivity index (χ2n) is 5.90. The molecule has 0 radical (unpaired) electrons. The van der Waals surface area contributed by atoms with Crippen molar-refractivity contribution < 1.29 is 5.11 Å². The zero-order chi connectivity index (χ0) is 13.7. The van der Waals surface area contributed by atoms with Crippen LogP contribution in [0.3, 0.4) is 0 Å². The van der Waals surface area contributed by atoms with Gasteiger partial charge >= 0.3 is 0 Å². The molecule has 1 aliphatic carbocycles. The van der Waals surface area contributed by atoms with Gasteiger partial charge in [0.05, 0.1) is 11.8 Å². The number of aliphatic hydroxyl groups is 1. The Labute approximate surface area is 116 Å². The molecule has 1 atom stereocenters. The fraction of sp³-hybridized carbons (Fsp3) is 0.688. The van der Waals surface area contributed by atoms with Crippen LogP contribution >= 0.6 is 0 Å². The molecule has 2 rings (SSSR count). The van der Waals surface area contributed by atoms with Gasteiger partial charge < -0.3 is 5.11 Å². The molecule has 0 amide bonds. The van der Waals surface area contributed by atoms with E-state index in [0.717, 1.165) is 18.8 Å². The standard InChI is InChI=1S/C16H26N2O/c1-13-8-9-15(17-10-13)12-18(11-14(2)19)16-6-4-3-5-7-16/h8-10,14,16,19H,3-7,11-12H2,1-2H3. The van der Waals surface area contributed by atoms with Crippen LogP contribution in [0, 0.1) is 6.92 Å². The Morgan fingerprint density at radius 2 is 2.05 bits per heavy atom. The van der Waals surface area contributed by atoms with E-state index in [1.54, 1.807) is 0 Å². The van der Waals surface area contributed by atoms with Gasteiger partial charge in [0.25, 0.3) is 0 Å². The smallest absolute Gasteiger partial charge is 0.0639 e. The lowest BCUT2D eigenvalue weighted by Crippen LogP contribution is -2.40. The van der Waals surface area contributed by atoms with Gasteiger partial charge in [-0.15, -0.1) is 0 Å². The van der Waals surface area contributed by atoms with Crippen molar-refractivity contribution in [3.63, 3.8) is 0 Å². The molecule has 0 saturated heterocycles. The molecule has 1 N–H and O–H groups in total. The number of aromatic nitrogens is 1. The van der Waals surface area contributed by atoms with Crippen LogP contribution in [-0.2, 0) is 6.54 Å². The molecular weight excluding hydrogens is 236 g/mol. The fourth-order valence-electron chi connectivity index (χ4n) is 2.93. The van der Waals surface area contributed by atoms with Crippen molar-refractivity contribution in [2.24, 2.45) is 0 Å². The monoisotopic (exact) mass is 262 g/mol. The van der Waals surface area contributed by atoms with Gasteiger partial charge in [0.15, 0.2) is 0 Å². The Balaban J connectivity index is 2.01. The van der Waals surface area contributed by atoms with Crippen LogP contribution in [0.1, 0.15) is 50.3 Å². The Morgan fingerprint density at radius 3 is 2.63 bits per heavy atom. The summed E-state index contributed by atoms with van der Waals surface area (Å²) in [6.07, 6.45) is 8.19. The van der Waals surface area contributed by atoms with Gasteiger partial charge in [-0.3, -0.25) is 9.88 Å². The first-order chi connectivity index (χ1) is 9.15. The number of pyridine rings is 1. The van der Waals surface area contributed by atoms with Crippen LogP contribution in [0.2, 0.25) is 0 Å². The van der Waals surface area contributed by atoms with Crippen molar-refractivity contribution in [3.05, 3.63) is 29.6 Å². The Kier molecular flexibility index (Phi) is 5.34. The van der Waals surface area contributed by atoms with E-state index in [4.69, 9.17) is 0 Å².